The van der Waals surface area contributed by atoms with Crippen LogP contribution in [-0.4, -0.2) is 26.7 Å². The Balaban J connectivity index is 1.88. The molecular weight excluding hydrogens is 360 g/mol. The first-order valence-corrected chi connectivity index (χ1v) is 8.33. The van der Waals surface area contributed by atoms with E-state index in [9.17, 15) is 22.4 Å². The largest absolute Gasteiger partial charge is 0.451 e. The maximum absolute atomic E-state index is 13.1. The maximum Gasteiger partial charge on any atom is 0.451 e. The van der Waals surface area contributed by atoms with Crippen LogP contribution in [0.5, 0.6) is 0 Å². The number of nitrogens with one attached hydrogen (secondary N) is 1. The summed E-state index contributed by atoms with van der Waals surface area (Å²) in [5.41, 5.74) is 0.473. The van der Waals surface area contributed by atoms with E-state index in [1.54, 1.807) is 0 Å². The van der Waals surface area contributed by atoms with Gasteiger partial charge in [-0.25, -0.2) is 4.39 Å². The lowest BCUT2D eigenvalue weighted by Gasteiger charge is -2.16. The Hall–Kier alpha value is -2.10. The second-order valence-corrected chi connectivity index (χ2v) is 6.77. The van der Waals surface area contributed by atoms with Crippen molar-refractivity contribution in [2.24, 2.45) is 7.05 Å². The van der Waals surface area contributed by atoms with Gasteiger partial charge in [-0.15, -0.1) is 10.2 Å². The van der Waals surface area contributed by atoms with Crippen LogP contribution in [0.3, 0.4) is 0 Å². The number of rotatable bonds is 5. The molecule has 1 amide bonds. The van der Waals surface area contributed by atoms with Crippen molar-refractivity contribution in [3.05, 3.63) is 41.5 Å². The number of amides is 1. The second-order valence-electron chi connectivity index (χ2n) is 5.70. The van der Waals surface area contributed by atoms with Gasteiger partial charge in [0.05, 0.1) is 0 Å². The normalized spacial score (nSPS) is 15.9. The van der Waals surface area contributed by atoms with Crippen LogP contribution in [0.15, 0.2) is 29.4 Å². The smallest absolute Gasteiger partial charge is 0.352 e. The molecule has 1 fully saturated rings. The SMILES string of the molecule is Cn1c(S[C@H](C(=O)NC2CC2)c2ccc(F)cc2)nnc1C(F)(F)F. The number of nitrogens with zero attached hydrogens (tertiary/aromatic N) is 3. The summed E-state index contributed by atoms with van der Waals surface area (Å²) in [6.45, 7) is 0. The first kappa shape index (κ1) is 17.7. The van der Waals surface area contributed by atoms with Gasteiger partial charge in [0, 0.05) is 13.1 Å². The van der Waals surface area contributed by atoms with Crippen molar-refractivity contribution < 1.29 is 22.4 Å². The molecule has 134 valence electrons. The third kappa shape index (κ3) is 4.12. The molecule has 1 atom stereocenters. The van der Waals surface area contributed by atoms with E-state index in [4.69, 9.17) is 0 Å². The zero-order valence-electron chi connectivity index (χ0n) is 13.0. The minimum Gasteiger partial charge on any atom is -0.352 e. The van der Waals surface area contributed by atoms with Crippen LogP contribution in [0.4, 0.5) is 17.6 Å². The molecule has 1 heterocycles. The minimum atomic E-state index is -4.64. The Morgan fingerprint density at radius 1 is 1.28 bits per heavy atom. The monoisotopic (exact) mass is 374 g/mol. The fraction of sp³-hybridized carbons (Fsp3) is 0.400. The Labute approximate surface area is 144 Å². The van der Waals surface area contributed by atoms with Gasteiger partial charge < -0.3 is 9.88 Å². The van der Waals surface area contributed by atoms with Crippen molar-refractivity contribution in [1.29, 1.82) is 0 Å². The van der Waals surface area contributed by atoms with E-state index in [1.165, 1.54) is 31.3 Å². The van der Waals surface area contributed by atoms with Gasteiger partial charge in [-0.3, -0.25) is 4.79 Å². The molecule has 1 N–H and O–H groups in total. The first-order chi connectivity index (χ1) is 11.8. The fourth-order valence-corrected chi connectivity index (χ4v) is 3.20. The van der Waals surface area contributed by atoms with E-state index in [2.05, 4.69) is 15.5 Å². The first-order valence-electron chi connectivity index (χ1n) is 7.45. The molecule has 0 bridgehead atoms. The molecule has 5 nitrogen and oxygen atoms in total. The molecule has 1 aromatic heterocycles. The van der Waals surface area contributed by atoms with Gasteiger partial charge in [0.15, 0.2) is 5.16 Å². The standard InChI is InChI=1S/C15H14F4N4OS/c1-23-13(15(17,18)19)21-22-14(23)25-11(12(24)20-10-6-7-10)8-2-4-9(16)5-3-8/h2-5,10-11H,6-7H2,1H3,(H,20,24)/t11-/m0/s1. The Morgan fingerprint density at radius 3 is 2.44 bits per heavy atom. The van der Waals surface area contributed by atoms with Crippen LogP contribution in [0.1, 0.15) is 29.5 Å². The highest BCUT2D eigenvalue weighted by Gasteiger charge is 2.38. The van der Waals surface area contributed by atoms with E-state index in [0.29, 0.717) is 5.56 Å². The number of alkyl halides is 3. The van der Waals surface area contributed by atoms with Crippen molar-refractivity contribution in [2.75, 3.05) is 0 Å². The summed E-state index contributed by atoms with van der Waals surface area (Å²) >= 11 is 0.844. The summed E-state index contributed by atoms with van der Waals surface area (Å²) in [5.74, 6) is -1.96. The molecule has 1 saturated carbocycles. The number of carbonyl (C=O) groups is 1. The zero-order valence-corrected chi connectivity index (χ0v) is 13.9. The zero-order chi connectivity index (χ0) is 18.2. The molecule has 0 spiro atoms. The van der Waals surface area contributed by atoms with Crippen LogP contribution < -0.4 is 5.32 Å². The number of carbonyl (C=O) groups excluding carboxylic acids is 1. The van der Waals surface area contributed by atoms with Crippen LogP contribution in [-0.2, 0) is 18.0 Å². The summed E-state index contributed by atoms with van der Waals surface area (Å²) in [6.07, 6.45) is -2.90. The molecule has 3 rings (SSSR count). The lowest BCUT2D eigenvalue weighted by molar-refractivity contribution is -0.147. The molecule has 10 heteroatoms. The summed E-state index contributed by atoms with van der Waals surface area (Å²) in [5, 5.41) is 8.61. The van der Waals surface area contributed by atoms with Crippen LogP contribution in [0.25, 0.3) is 0 Å². The fourth-order valence-electron chi connectivity index (χ4n) is 2.18. The quantitative estimate of drug-likeness (QED) is 0.646. The second kappa shape index (κ2) is 6.66. The highest BCUT2D eigenvalue weighted by Crippen LogP contribution is 2.37. The molecule has 0 unspecified atom stereocenters. The summed E-state index contributed by atoms with van der Waals surface area (Å²) in [6, 6.07) is 5.35. The number of hydrogen-bond donors (Lipinski definition) is 1. The summed E-state index contributed by atoms with van der Waals surface area (Å²) in [7, 11) is 1.19. The van der Waals surface area contributed by atoms with E-state index >= 15 is 0 Å². The van der Waals surface area contributed by atoms with Crippen molar-refractivity contribution in [1.82, 2.24) is 20.1 Å². The molecular formula is C15H14F4N4OS. The average molecular weight is 374 g/mol. The molecule has 1 aliphatic rings. The molecule has 1 aromatic carbocycles. The molecule has 2 aromatic rings. The third-order valence-corrected chi connectivity index (χ3v) is 4.93. The minimum absolute atomic E-state index is 0.0485. The van der Waals surface area contributed by atoms with Gasteiger partial charge >= 0.3 is 6.18 Å². The van der Waals surface area contributed by atoms with E-state index in [0.717, 1.165) is 29.2 Å². The van der Waals surface area contributed by atoms with Crippen molar-refractivity contribution >= 4 is 17.7 Å². The van der Waals surface area contributed by atoms with Crippen LogP contribution >= 0.6 is 11.8 Å². The van der Waals surface area contributed by atoms with Gasteiger partial charge in [-0.05, 0) is 30.5 Å². The number of aromatic nitrogens is 3. The van der Waals surface area contributed by atoms with E-state index < -0.39 is 23.1 Å². The van der Waals surface area contributed by atoms with Crippen molar-refractivity contribution in [3.63, 3.8) is 0 Å². The van der Waals surface area contributed by atoms with Crippen molar-refractivity contribution in [3.8, 4) is 0 Å². The van der Waals surface area contributed by atoms with Gasteiger partial charge in [0.1, 0.15) is 11.1 Å². The van der Waals surface area contributed by atoms with E-state index in [1.807, 2.05) is 0 Å². The Morgan fingerprint density at radius 2 is 1.92 bits per heavy atom. The number of benzene rings is 1. The lowest BCUT2D eigenvalue weighted by atomic mass is 10.1. The Bertz CT molecular complexity index is 771. The van der Waals surface area contributed by atoms with Crippen LogP contribution in [0, 0.1) is 5.82 Å². The molecule has 0 saturated heterocycles. The maximum atomic E-state index is 13.1. The molecule has 25 heavy (non-hydrogen) atoms. The molecule has 0 aliphatic heterocycles. The number of thioether (sulfide) groups is 1. The predicted molar refractivity (Wildman–Crippen MR) is 82.2 cm³/mol. The van der Waals surface area contributed by atoms with Gasteiger partial charge in [0.2, 0.25) is 11.7 Å². The highest BCUT2D eigenvalue weighted by atomic mass is 32.2. The molecule has 1 aliphatic carbocycles. The van der Waals surface area contributed by atoms with Gasteiger partial charge in [-0.1, -0.05) is 23.9 Å². The van der Waals surface area contributed by atoms with Crippen molar-refractivity contribution in [2.45, 2.75) is 35.5 Å². The predicted octanol–water partition coefficient (Wildman–Crippen LogP) is 3.09. The average Bonchev–Trinajstić information content (AvgIpc) is 3.26. The number of halogens is 4. The van der Waals surface area contributed by atoms with Crippen LogP contribution in [0.2, 0.25) is 0 Å². The molecule has 0 radical (unpaired) electrons. The topological polar surface area (TPSA) is 59.8 Å². The van der Waals surface area contributed by atoms with E-state index in [-0.39, 0.29) is 17.1 Å². The number of hydrogen-bond acceptors (Lipinski definition) is 4. The highest BCUT2D eigenvalue weighted by molar-refractivity contribution is 8.00. The third-order valence-electron chi connectivity index (χ3n) is 3.65. The summed E-state index contributed by atoms with van der Waals surface area (Å²) < 4.78 is 52.5. The Kier molecular flexibility index (Phi) is 4.72. The van der Waals surface area contributed by atoms with Gasteiger partial charge in [0.25, 0.3) is 0 Å². The lowest BCUT2D eigenvalue weighted by Crippen LogP contribution is -2.30. The van der Waals surface area contributed by atoms with Gasteiger partial charge in [-0.2, -0.15) is 13.2 Å². The summed E-state index contributed by atoms with van der Waals surface area (Å²) in [4.78, 5) is 12.5.